The second-order valence-corrected chi connectivity index (χ2v) is 6.73. The van der Waals surface area contributed by atoms with Gasteiger partial charge in [-0.15, -0.1) is 0 Å². The van der Waals surface area contributed by atoms with E-state index in [1.54, 1.807) is 25.3 Å². The van der Waals surface area contributed by atoms with E-state index in [-0.39, 0.29) is 11.9 Å². The lowest BCUT2D eigenvalue weighted by Crippen LogP contribution is -2.40. The molecule has 1 aromatic heterocycles. The number of benzene rings is 2. The van der Waals surface area contributed by atoms with Crippen molar-refractivity contribution in [2.75, 3.05) is 32.2 Å². The van der Waals surface area contributed by atoms with Gasteiger partial charge in [-0.2, -0.15) is 4.98 Å². The van der Waals surface area contributed by atoms with E-state index in [0.29, 0.717) is 29.6 Å². The summed E-state index contributed by atoms with van der Waals surface area (Å²) in [6.07, 6.45) is 2.00. The Kier molecular flexibility index (Phi) is 5.06. The molecule has 1 N–H and O–H groups in total. The van der Waals surface area contributed by atoms with Crippen LogP contribution < -0.4 is 19.7 Å². The van der Waals surface area contributed by atoms with E-state index in [2.05, 4.69) is 15.2 Å². The van der Waals surface area contributed by atoms with Crippen molar-refractivity contribution in [1.82, 2.24) is 10.3 Å². The summed E-state index contributed by atoms with van der Waals surface area (Å²) in [4.78, 5) is 19.4. The van der Waals surface area contributed by atoms with Crippen LogP contribution in [0.2, 0.25) is 0 Å². The van der Waals surface area contributed by atoms with Crippen molar-refractivity contribution >= 4 is 23.0 Å². The van der Waals surface area contributed by atoms with Crippen LogP contribution in [0.25, 0.3) is 11.1 Å². The molecule has 0 saturated carbocycles. The molecule has 7 nitrogen and oxygen atoms in total. The number of carbonyl (C=O) groups excluding carboxylic acids is 1. The Morgan fingerprint density at radius 3 is 2.89 bits per heavy atom. The number of aromatic nitrogens is 1. The number of hydrogen-bond acceptors (Lipinski definition) is 6. The number of rotatable bonds is 6. The molecule has 0 spiro atoms. The average molecular weight is 381 g/mol. The number of ether oxygens (including phenoxy) is 2. The van der Waals surface area contributed by atoms with Crippen LogP contribution in [-0.4, -0.2) is 44.2 Å². The number of anilines is 1. The average Bonchev–Trinajstić information content (AvgIpc) is 3.37. The fourth-order valence-electron chi connectivity index (χ4n) is 3.57. The molecule has 1 aliphatic heterocycles. The maximum absolute atomic E-state index is 12.7. The molecule has 1 fully saturated rings. The van der Waals surface area contributed by atoms with Gasteiger partial charge < -0.3 is 24.1 Å². The van der Waals surface area contributed by atoms with Gasteiger partial charge >= 0.3 is 0 Å². The predicted molar refractivity (Wildman–Crippen MR) is 106 cm³/mol. The van der Waals surface area contributed by atoms with Crippen LogP contribution in [0.15, 0.2) is 46.9 Å². The summed E-state index contributed by atoms with van der Waals surface area (Å²) < 4.78 is 16.4. The van der Waals surface area contributed by atoms with E-state index >= 15 is 0 Å². The minimum absolute atomic E-state index is 0.140. The first-order chi connectivity index (χ1) is 13.7. The molecule has 1 aliphatic rings. The van der Waals surface area contributed by atoms with Crippen molar-refractivity contribution < 1.29 is 18.7 Å². The quantitative estimate of drug-likeness (QED) is 0.706. The van der Waals surface area contributed by atoms with E-state index in [1.807, 2.05) is 24.3 Å². The highest BCUT2D eigenvalue weighted by atomic mass is 16.5. The first-order valence-electron chi connectivity index (χ1n) is 9.32. The Morgan fingerprint density at radius 1 is 1.25 bits per heavy atom. The topological polar surface area (TPSA) is 76.8 Å². The molecule has 0 bridgehead atoms. The number of hydrogen-bond donors (Lipinski definition) is 1. The lowest BCUT2D eigenvalue weighted by Gasteiger charge is -2.23. The SMILES string of the molecule is COc1ccc(C(=O)NCC2CCCN2c2nc3ccccc3o2)c(OC)c1. The molecule has 0 aliphatic carbocycles. The highest BCUT2D eigenvalue weighted by molar-refractivity contribution is 5.97. The van der Waals surface area contributed by atoms with Gasteiger partial charge in [-0.05, 0) is 37.1 Å². The summed E-state index contributed by atoms with van der Waals surface area (Å²) in [7, 11) is 3.12. The third-order valence-corrected chi connectivity index (χ3v) is 5.06. The predicted octanol–water partition coefficient (Wildman–Crippen LogP) is 3.24. The van der Waals surface area contributed by atoms with Crippen molar-refractivity contribution in [3.8, 4) is 11.5 Å². The van der Waals surface area contributed by atoms with Gasteiger partial charge in [-0.1, -0.05) is 12.1 Å². The van der Waals surface area contributed by atoms with Crippen molar-refractivity contribution in [2.24, 2.45) is 0 Å². The maximum atomic E-state index is 12.7. The third-order valence-electron chi connectivity index (χ3n) is 5.06. The molecule has 28 heavy (non-hydrogen) atoms. The number of fused-ring (bicyclic) bond motifs is 1. The number of para-hydroxylation sites is 2. The van der Waals surface area contributed by atoms with Crippen molar-refractivity contribution in [3.05, 3.63) is 48.0 Å². The zero-order chi connectivity index (χ0) is 19.5. The fourth-order valence-corrected chi connectivity index (χ4v) is 3.57. The van der Waals surface area contributed by atoms with Gasteiger partial charge in [0.15, 0.2) is 5.58 Å². The second kappa shape index (κ2) is 7.80. The van der Waals surface area contributed by atoms with Gasteiger partial charge in [0.2, 0.25) is 0 Å². The number of oxazole rings is 1. The molecule has 3 aromatic rings. The molecule has 4 rings (SSSR count). The summed E-state index contributed by atoms with van der Waals surface area (Å²) in [6.45, 7) is 1.37. The summed E-state index contributed by atoms with van der Waals surface area (Å²) in [5.41, 5.74) is 2.10. The van der Waals surface area contributed by atoms with Gasteiger partial charge in [-0.25, -0.2) is 0 Å². The minimum Gasteiger partial charge on any atom is -0.497 e. The molecular formula is C21H23N3O4. The Labute approximate surface area is 163 Å². The number of methoxy groups -OCH3 is 2. The van der Waals surface area contributed by atoms with Gasteiger partial charge in [0.1, 0.15) is 17.0 Å². The Morgan fingerprint density at radius 2 is 2.11 bits per heavy atom. The highest BCUT2D eigenvalue weighted by Crippen LogP contribution is 2.28. The summed E-state index contributed by atoms with van der Waals surface area (Å²) in [5, 5.41) is 3.02. The summed E-state index contributed by atoms with van der Waals surface area (Å²) in [6, 6.07) is 13.6. The van der Waals surface area contributed by atoms with E-state index in [9.17, 15) is 4.79 Å². The summed E-state index contributed by atoms with van der Waals surface area (Å²) in [5.74, 6) is 0.953. The number of nitrogens with one attached hydrogen (secondary N) is 1. The zero-order valence-electron chi connectivity index (χ0n) is 16.0. The Bertz CT molecular complexity index is 952. The molecule has 2 aromatic carbocycles. The van der Waals surface area contributed by atoms with Crippen LogP contribution in [0.5, 0.6) is 11.5 Å². The number of nitrogens with zero attached hydrogens (tertiary/aromatic N) is 2. The second-order valence-electron chi connectivity index (χ2n) is 6.73. The molecule has 1 unspecified atom stereocenters. The molecule has 7 heteroatoms. The van der Waals surface area contributed by atoms with Gasteiger partial charge in [0, 0.05) is 19.2 Å². The number of amides is 1. The zero-order valence-corrected chi connectivity index (χ0v) is 16.0. The van der Waals surface area contributed by atoms with Crippen molar-refractivity contribution in [1.29, 1.82) is 0 Å². The van der Waals surface area contributed by atoms with Gasteiger partial charge in [0.05, 0.1) is 25.8 Å². The summed E-state index contributed by atoms with van der Waals surface area (Å²) >= 11 is 0. The van der Waals surface area contributed by atoms with E-state index < -0.39 is 0 Å². The molecule has 0 radical (unpaired) electrons. The van der Waals surface area contributed by atoms with Gasteiger partial charge in [0.25, 0.3) is 11.9 Å². The monoisotopic (exact) mass is 381 g/mol. The van der Waals surface area contributed by atoms with Gasteiger partial charge in [-0.3, -0.25) is 4.79 Å². The van der Waals surface area contributed by atoms with Crippen molar-refractivity contribution in [2.45, 2.75) is 18.9 Å². The van der Waals surface area contributed by atoms with Crippen LogP contribution in [-0.2, 0) is 0 Å². The first-order valence-corrected chi connectivity index (χ1v) is 9.32. The fraction of sp³-hybridized carbons (Fsp3) is 0.333. The van der Waals surface area contributed by atoms with Crippen LogP contribution in [0.1, 0.15) is 23.2 Å². The molecule has 1 amide bonds. The molecule has 1 saturated heterocycles. The van der Waals surface area contributed by atoms with Crippen LogP contribution in [0.3, 0.4) is 0 Å². The standard InChI is InChI=1S/C21H23N3O4/c1-26-15-9-10-16(19(12-15)27-2)20(25)22-13-14-6-5-11-24(14)21-23-17-7-3-4-8-18(17)28-21/h3-4,7-10,12,14H,5-6,11,13H2,1-2H3,(H,22,25). The third kappa shape index (κ3) is 3.47. The van der Waals surface area contributed by atoms with Crippen molar-refractivity contribution in [3.63, 3.8) is 0 Å². The van der Waals surface area contributed by atoms with Crippen LogP contribution in [0.4, 0.5) is 6.01 Å². The van der Waals surface area contributed by atoms with Crippen LogP contribution >= 0.6 is 0 Å². The highest BCUT2D eigenvalue weighted by Gasteiger charge is 2.29. The smallest absolute Gasteiger partial charge is 0.298 e. The molecular weight excluding hydrogens is 358 g/mol. The molecule has 2 heterocycles. The molecule has 146 valence electrons. The molecule has 1 atom stereocenters. The Hall–Kier alpha value is -3.22. The largest absolute Gasteiger partial charge is 0.497 e. The van der Waals surface area contributed by atoms with Crippen LogP contribution in [0, 0.1) is 0 Å². The van der Waals surface area contributed by atoms with E-state index in [4.69, 9.17) is 13.9 Å². The number of carbonyl (C=O) groups is 1. The lowest BCUT2D eigenvalue weighted by atomic mass is 10.1. The maximum Gasteiger partial charge on any atom is 0.298 e. The minimum atomic E-state index is -0.177. The first kappa shape index (κ1) is 18.2. The Balaban J connectivity index is 1.46. The normalized spacial score (nSPS) is 16.4. The van der Waals surface area contributed by atoms with E-state index in [0.717, 1.165) is 30.5 Å². The lowest BCUT2D eigenvalue weighted by molar-refractivity contribution is 0.0948. The van der Waals surface area contributed by atoms with E-state index in [1.165, 1.54) is 7.11 Å².